The number of aryl methyl sites for hydroxylation is 1. The standard InChI is InChI=1S/C17H24N2O2/c1-5-12(2)15(13-9-7-6-8-10-13)17(20)16-14(21-4)11-18-19(16)3/h6-12,15,17,20H,5H2,1-4H3. The lowest BCUT2D eigenvalue weighted by Gasteiger charge is -2.29. The normalized spacial score (nSPS) is 15.5. The summed E-state index contributed by atoms with van der Waals surface area (Å²) >= 11 is 0. The molecule has 2 rings (SSSR count). The average Bonchev–Trinajstić information content (AvgIpc) is 2.89. The van der Waals surface area contributed by atoms with Crippen molar-refractivity contribution >= 4 is 0 Å². The topological polar surface area (TPSA) is 47.3 Å². The van der Waals surface area contributed by atoms with E-state index in [2.05, 4.69) is 31.1 Å². The quantitative estimate of drug-likeness (QED) is 0.887. The molecule has 4 nitrogen and oxygen atoms in total. The van der Waals surface area contributed by atoms with Crippen molar-refractivity contribution in [1.82, 2.24) is 9.78 Å². The van der Waals surface area contributed by atoms with Crippen LogP contribution < -0.4 is 4.74 Å². The van der Waals surface area contributed by atoms with E-state index in [4.69, 9.17) is 4.74 Å². The van der Waals surface area contributed by atoms with Gasteiger partial charge in [-0.15, -0.1) is 0 Å². The first-order chi connectivity index (χ1) is 10.1. The van der Waals surface area contributed by atoms with Crippen LogP contribution in [-0.2, 0) is 7.05 Å². The summed E-state index contributed by atoms with van der Waals surface area (Å²) in [5, 5.41) is 15.2. The number of methoxy groups -OCH3 is 1. The van der Waals surface area contributed by atoms with Gasteiger partial charge in [0.15, 0.2) is 5.75 Å². The van der Waals surface area contributed by atoms with Gasteiger partial charge in [0.25, 0.3) is 0 Å². The molecule has 21 heavy (non-hydrogen) atoms. The molecule has 0 fully saturated rings. The lowest BCUT2D eigenvalue weighted by Crippen LogP contribution is -2.20. The van der Waals surface area contributed by atoms with Crippen LogP contribution in [0.1, 0.15) is 43.5 Å². The SMILES string of the molecule is CCC(C)C(c1ccccc1)C(O)c1c(OC)cnn1C. The molecule has 1 heterocycles. The number of ether oxygens (including phenoxy) is 1. The lowest BCUT2D eigenvalue weighted by atomic mass is 9.80. The van der Waals surface area contributed by atoms with Crippen molar-refractivity contribution in [2.45, 2.75) is 32.3 Å². The van der Waals surface area contributed by atoms with Gasteiger partial charge in [-0.25, -0.2) is 0 Å². The van der Waals surface area contributed by atoms with Crippen LogP contribution in [0.15, 0.2) is 36.5 Å². The molecule has 1 N–H and O–H groups in total. The van der Waals surface area contributed by atoms with Crippen molar-refractivity contribution in [2.75, 3.05) is 7.11 Å². The molecule has 2 aromatic rings. The number of aromatic nitrogens is 2. The molecule has 0 saturated heterocycles. The molecule has 1 aromatic heterocycles. The van der Waals surface area contributed by atoms with E-state index in [0.717, 1.165) is 17.7 Å². The Labute approximate surface area is 126 Å². The second-order valence-electron chi connectivity index (χ2n) is 5.49. The van der Waals surface area contributed by atoms with Gasteiger partial charge >= 0.3 is 0 Å². The lowest BCUT2D eigenvalue weighted by molar-refractivity contribution is 0.107. The Morgan fingerprint density at radius 3 is 2.52 bits per heavy atom. The molecule has 0 aliphatic rings. The van der Waals surface area contributed by atoms with Gasteiger partial charge in [-0.3, -0.25) is 4.68 Å². The molecule has 0 amide bonds. The smallest absolute Gasteiger partial charge is 0.162 e. The number of hydrogen-bond acceptors (Lipinski definition) is 3. The summed E-state index contributed by atoms with van der Waals surface area (Å²) in [6.07, 6.45) is 2.00. The number of rotatable bonds is 6. The van der Waals surface area contributed by atoms with E-state index in [1.54, 1.807) is 18.0 Å². The molecular weight excluding hydrogens is 264 g/mol. The average molecular weight is 288 g/mol. The Bertz CT molecular complexity index is 565. The van der Waals surface area contributed by atoms with Crippen molar-refractivity contribution < 1.29 is 9.84 Å². The first-order valence-corrected chi connectivity index (χ1v) is 7.39. The highest BCUT2D eigenvalue weighted by Gasteiger charge is 2.31. The molecule has 4 heteroatoms. The second kappa shape index (κ2) is 6.76. The number of aliphatic hydroxyl groups is 1. The van der Waals surface area contributed by atoms with Crippen LogP contribution in [0, 0.1) is 5.92 Å². The highest BCUT2D eigenvalue weighted by atomic mass is 16.5. The van der Waals surface area contributed by atoms with Crippen LogP contribution in [0.3, 0.4) is 0 Å². The molecule has 0 aliphatic carbocycles. The van der Waals surface area contributed by atoms with Crippen LogP contribution in [-0.4, -0.2) is 22.0 Å². The Morgan fingerprint density at radius 1 is 1.29 bits per heavy atom. The Kier molecular flexibility index (Phi) is 5.02. The first kappa shape index (κ1) is 15.6. The summed E-state index contributed by atoms with van der Waals surface area (Å²) < 4.78 is 7.04. The molecular formula is C17H24N2O2. The third-order valence-electron chi connectivity index (χ3n) is 4.23. The summed E-state index contributed by atoms with van der Waals surface area (Å²) in [6.45, 7) is 4.32. The summed E-state index contributed by atoms with van der Waals surface area (Å²) in [5.41, 5.74) is 1.87. The molecule has 0 aliphatic heterocycles. The fourth-order valence-corrected chi connectivity index (χ4v) is 2.84. The molecule has 0 bridgehead atoms. The maximum Gasteiger partial charge on any atom is 0.162 e. The molecule has 0 spiro atoms. The van der Waals surface area contributed by atoms with Gasteiger partial charge in [0.05, 0.1) is 13.3 Å². The summed E-state index contributed by atoms with van der Waals surface area (Å²) in [4.78, 5) is 0. The predicted molar refractivity (Wildman–Crippen MR) is 83.4 cm³/mol. The van der Waals surface area contributed by atoms with E-state index in [-0.39, 0.29) is 5.92 Å². The summed E-state index contributed by atoms with van der Waals surface area (Å²) in [6, 6.07) is 10.2. The molecule has 1 aromatic carbocycles. The van der Waals surface area contributed by atoms with Crippen molar-refractivity contribution in [3.8, 4) is 5.75 Å². The van der Waals surface area contributed by atoms with Crippen molar-refractivity contribution in [1.29, 1.82) is 0 Å². The number of nitrogens with zero attached hydrogens (tertiary/aromatic N) is 2. The van der Waals surface area contributed by atoms with Crippen molar-refractivity contribution in [3.05, 3.63) is 47.8 Å². The number of aliphatic hydroxyl groups excluding tert-OH is 1. The third-order valence-corrected chi connectivity index (χ3v) is 4.23. The van der Waals surface area contributed by atoms with E-state index in [9.17, 15) is 5.11 Å². The largest absolute Gasteiger partial charge is 0.493 e. The molecule has 114 valence electrons. The fourth-order valence-electron chi connectivity index (χ4n) is 2.84. The molecule has 3 atom stereocenters. The van der Waals surface area contributed by atoms with Gasteiger partial charge < -0.3 is 9.84 Å². The highest BCUT2D eigenvalue weighted by Crippen LogP contribution is 2.40. The zero-order valence-electron chi connectivity index (χ0n) is 13.2. The summed E-state index contributed by atoms with van der Waals surface area (Å²) in [7, 11) is 3.44. The van der Waals surface area contributed by atoms with E-state index >= 15 is 0 Å². The van der Waals surface area contributed by atoms with Gasteiger partial charge in [-0.05, 0) is 11.5 Å². The van der Waals surface area contributed by atoms with Crippen LogP contribution in [0.5, 0.6) is 5.75 Å². The maximum absolute atomic E-state index is 11.0. The predicted octanol–water partition coefficient (Wildman–Crippen LogP) is 3.29. The van der Waals surface area contributed by atoms with E-state index in [0.29, 0.717) is 11.7 Å². The van der Waals surface area contributed by atoms with Gasteiger partial charge in [0.2, 0.25) is 0 Å². The van der Waals surface area contributed by atoms with Gasteiger partial charge in [-0.1, -0.05) is 50.6 Å². The van der Waals surface area contributed by atoms with Crippen LogP contribution in [0.2, 0.25) is 0 Å². The van der Waals surface area contributed by atoms with Crippen LogP contribution in [0.4, 0.5) is 0 Å². The van der Waals surface area contributed by atoms with Gasteiger partial charge in [0.1, 0.15) is 11.8 Å². The zero-order valence-corrected chi connectivity index (χ0v) is 13.2. The highest BCUT2D eigenvalue weighted by molar-refractivity contribution is 5.32. The third kappa shape index (κ3) is 3.10. The molecule has 0 saturated carbocycles. The van der Waals surface area contributed by atoms with E-state index in [1.807, 2.05) is 25.2 Å². The van der Waals surface area contributed by atoms with E-state index in [1.165, 1.54) is 0 Å². The number of benzene rings is 1. The van der Waals surface area contributed by atoms with Crippen LogP contribution in [0.25, 0.3) is 0 Å². The monoisotopic (exact) mass is 288 g/mol. The minimum atomic E-state index is -0.648. The van der Waals surface area contributed by atoms with Crippen molar-refractivity contribution in [3.63, 3.8) is 0 Å². The Hall–Kier alpha value is -1.81. The van der Waals surface area contributed by atoms with Gasteiger partial charge in [-0.2, -0.15) is 5.10 Å². The minimum Gasteiger partial charge on any atom is -0.493 e. The fraction of sp³-hybridized carbons (Fsp3) is 0.471. The number of hydrogen-bond donors (Lipinski definition) is 1. The minimum absolute atomic E-state index is 0.0144. The van der Waals surface area contributed by atoms with Crippen molar-refractivity contribution in [2.24, 2.45) is 13.0 Å². The first-order valence-electron chi connectivity index (χ1n) is 7.39. The van der Waals surface area contributed by atoms with Crippen LogP contribution >= 0.6 is 0 Å². The summed E-state index contributed by atoms with van der Waals surface area (Å²) in [5.74, 6) is 0.997. The molecule has 0 radical (unpaired) electrons. The molecule has 3 unspecified atom stereocenters. The van der Waals surface area contributed by atoms with E-state index < -0.39 is 6.10 Å². The second-order valence-corrected chi connectivity index (χ2v) is 5.49. The Morgan fingerprint density at radius 2 is 1.95 bits per heavy atom. The Balaban J connectivity index is 2.44. The maximum atomic E-state index is 11.0. The zero-order chi connectivity index (χ0) is 15.4. The van der Waals surface area contributed by atoms with Gasteiger partial charge in [0, 0.05) is 13.0 Å².